The van der Waals surface area contributed by atoms with Crippen LogP contribution < -0.4 is 0 Å². The SMILES string of the molecule is CCC(=O)/C(=C\N(C)C)C(=O)O. The second kappa shape index (κ2) is 4.54. The van der Waals surface area contributed by atoms with Crippen LogP contribution >= 0.6 is 0 Å². The van der Waals surface area contributed by atoms with E-state index in [0.717, 1.165) is 0 Å². The van der Waals surface area contributed by atoms with E-state index in [0.29, 0.717) is 0 Å². The van der Waals surface area contributed by atoms with Gasteiger partial charge in [0.25, 0.3) is 0 Å². The molecule has 0 spiro atoms. The van der Waals surface area contributed by atoms with Gasteiger partial charge in [0.2, 0.25) is 0 Å². The van der Waals surface area contributed by atoms with Crippen LogP contribution in [-0.4, -0.2) is 35.9 Å². The van der Waals surface area contributed by atoms with Crippen molar-refractivity contribution in [3.63, 3.8) is 0 Å². The van der Waals surface area contributed by atoms with E-state index in [9.17, 15) is 9.59 Å². The van der Waals surface area contributed by atoms with Gasteiger partial charge in [-0.25, -0.2) is 4.79 Å². The van der Waals surface area contributed by atoms with Crippen molar-refractivity contribution in [3.05, 3.63) is 11.8 Å². The van der Waals surface area contributed by atoms with Gasteiger partial charge in [0.05, 0.1) is 0 Å². The fourth-order valence-electron chi connectivity index (χ4n) is 0.695. The van der Waals surface area contributed by atoms with Crippen LogP contribution in [0.2, 0.25) is 0 Å². The summed E-state index contributed by atoms with van der Waals surface area (Å²) in [5.74, 6) is -1.52. The van der Waals surface area contributed by atoms with Gasteiger partial charge in [-0.05, 0) is 0 Å². The quantitative estimate of drug-likeness (QED) is 0.380. The second-order valence-electron chi connectivity index (χ2n) is 2.59. The first kappa shape index (κ1) is 10.7. The lowest BCUT2D eigenvalue weighted by Gasteiger charge is -2.06. The highest BCUT2D eigenvalue weighted by Gasteiger charge is 2.14. The van der Waals surface area contributed by atoms with Crippen molar-refractivity contribution in [2.45, 2.75) is 13.3 Å². The normalized spacial score (nSPS) is 11.1. The molecule has 0 aliphatic rings. The minimum absolute atomic E-state index is 0.164. The second-order valence-corrected chi connectivity index (χ2v) is 2.59. The summed E-state index contributed by atoms with van der Waals surface area (Å²) in [5.41, 5.74) is -0.164. The van der Waals surface area contributed by atoms with Gasteiger partial charge in [0, 0.05) is 26.7 Å². The summed E-state index contributed by atoms with van der Waals surface area (Å²) in [4.78, 5) is 23.1. The lowest BCUT2D eigenvalue weighted by atomic mass is 10.1. The molecule has 0 radical (unpaired) electrons. The van der Waals surface area contributed by atoms with Crippen LogP contribution in [0, 0.1) is 0 Å². The first-order valence-electron chi connectivity index (χ1n) is 3.63. The third-order valence-electron chi connectivity index (χ3n) is 1.24. The fraction of sp³-hybridized carbons (Fsp3) is 0.500. The van der Waals surface area contributed by atoms with Crippen molar-refractivity contribution >= 4 is 11.8 Å². The highest BCUT2D eigenvalue weighted by Crippen LogP contribution is 2.00. The molecule has 0 aliphatic carbocycles. The summed E-state index contributed by atoms with van der Waals surface area (Å²) in [6.07, 6.45) is 1.53. The minimum Gasteiger partial charge on any atom is -0.478 e. The number of hydrogen-bond donors (Lipinski definition) is 1. The van der Waals surface area contributed by atoms with Crippen molar-refractivity contribution in [3.8, 4) is 0 Å². The van der Waals surface area contributed by atoms with Gasteiger partial charge in [-0.15, -0.1) is 0 Å². The maximum atomic E-state index is 11.0. The Hall–Kier alpha value is -1.32. The molecule has 1 N–H and O–H groups in total. The number of aliphatic carboxylic acids is 1. The molecule has 0 aliphatic heterocycles. The summed E-state index contributed by atoms with van der Waals surface area (Å²) in [6, 6.07) is 0. The summed E-state index contributed by atoms with van der Waals surface area (Å²) < 4.78 is 0. The molecule has 0 heterocycles. The van der Waals surface area contributed by atoms with Crippen LogP contribution in [0.1, 0.15) is 13.3 Å². The monoisotopic (exact) mass is 171 g/mol. The topological polar surface area (TPSA) is 57.6 Å². The van der Waals surface area contributed by atoms with Gasteiger partial charge in [0.15, 0.2) is 5.78 Å². The van der Waals surface area contributed by atoms with Crippen molar-refractivity contribution in [2.75, 3.05) is 14.1 Å². The highest BCUT2D eigenvalue weighted by atomic mass is 16.4. The molecule has 4 heteroatoms. The lowest BCUT2D eigenvalue weighted by molar-refractivity contribution is -0.134. The maximum absolute atomic E-state index is 11.0. The van der Waals surface area contributed by atoms with E-state index in [4.69, 9.17) is 5.11 Å². The molecule has 0 unspecified atom stereocenters. The average Bonchev–Trinajstić information content (AvgIpc) is 1.98. The number of ketones is 1. The standard InChI is InChI=1S/C8H13NO3/c1-4-7(10)6(8(11)12)5-9(2)3/h5H,4H2,1-3H3,(H,11,12)/b6-5+. The predicted octanol–water partition coefficient (Wildman–Crippen LogP) is 0.496. The van der Waals surface area contributed by atoms with E-state index in [1.807, 2.05) is 0 Å². The van der Waals surface area contributed by atoms with Crippen LogP contribution in [0.3, 0.4) is 0 Å². The Balaban J connectivity index is 4.67. The van der Waals surface area contributed by atoms with Crippen molar-refractivity contribution in [2.24, 2.45) is 0 Å². The third-order valence-corrected chi connectivity index (χ3v) is 1.24. The minimum atomic E-state index is -1.17. The average molecular weight is 171 g/mol. The third kappa shape index (κ3) is 3.18. The number of rotatable bonds is 4. The number of carbonyl (C=O) groups excluding carboxylic acids is 1. The molecule has 0 aromatic rings. The number of Topliss-reactive ketones (excluding diaryl/α,β-unsaturated/α-hetero) is 1. The zero-order valence-electron chi connectivity index (χ0n) is 7.50. The van der Waals surface area contributed by atoms with Crippen molar-refractivity contribution in [1.29, 1.82) is 0 Å². The molecule has 68 valence electrons. The smallest absolute Gasteiger partial charge is 0.340 e. The number of carboxylic acid groups (broad SMARTS) is 1. The maximum Gasteiger partial charge on any atom is 0.340 e. The molecule has 0 rings (SSSR count). The van der Waals surface area contributed by atoms with Crippen LogP contribution in [0.15, 0.2) is 11.8 Å². The predicted molar refractivity (Wildman–Crippen MR) is 44.7 cm³/mol. The number of nitrogens with zero attached hydrogens (tertiary/aromatic N) is 1. The molecule has 12 heavy (non-hydrogen) atoms. The van der Waals surface area contributed by atoms with E-state index in [2.05, 4.69) is 0 Å². The molecule has 0 bridgehead atoms. The number of carboxylic acids is 1. The van der Waals surface area contributed by atoms with E-state index >= 15 is 0 Å². The Labute approximate surface area is 71.5 Å². The Morgan fingerprint density at radius 1 is 1.42 bits per heavy atom. The van der Waals surface area contributed by atoms with Gasteiger partial charge >= 0.3 is 5.97 Å². The zero-order valence-corrected chi connectivity index (χ0v) is 7.50. The van der Waals surface area contributed by atoms with Crippen molar-refractivity contribution in [1.82, 2.24) is 4.90 Å². The van der Waals surface area contributed by atoms with Crippen LogP contribution in [0.4, 0.5) is 0 Å². The van der Waals surface area contributed by atoms with Gasteiger partial charge in [-0.3, -0.25) is 4.79 Å². The van der Waals surface area contributed by atoms with E-state index in [-0.39, 0.29) is 17.8 Å². The summed E-state index contributed by atoms with van der Waals surface area (Å²) >= 11 is 0. The van der Waals surface area contributed by atoms with Gasteiger partial charge in [0.1, 0.15) is 5.57 Å². The first-order valence-corrected chi connectivity index (χ1v) is 3.63. The Kier molecular flexibility index (Phi) is 4.04. The molecular formula is C8H13NO3. The largest absolute Gasteiger partial charge is 0.478 e. The van der Waals surface area contributed by atoms with Crippen LogP contribution in [0.25, 0.3) is 0 Å². The number of hydrogen-bond acceptors (Lipinski definition) is 3. The first-order chi connectivity index (χ1) is 5.49. The molecular weight excluding hydrogens is 158 g/mol. The highest BCUT2D eigenvalue weighted by molar-refractivity contribution is 6.16. The molecule has 0 saturated carbocycles. The molecule has 0 amide bonds. The lowest BCUT2D eigenvalue weighted by Crippen LogP contribution is -2.15. The zero-order chi connectivity index (χ0) is 9.72. The van der Waals surface area contributed by atoms with Crippen LogP contribution in [0.5, 0.6) is 0 Å². The molecule has 0 aromatic carbocycles. The van der Waals surface area contributed by atoms with Gasteiger partial charge < -0.3 is 10.0 Å². The van der Waals surface area contributed by atoms with Gasteiger partial charge in [-0.1, -0.05) is 6.92 Å². The fourth-order valence-corrected chi connectivity index (χ4v) is 0.695. The summed E-state index contributed by atoms with van der Waals surface area (Å²) in [5, 5.41) is 8.61. The van der Waals surface area contributed by atoms with E-state index in [1.54, 1.807) is 21.0 Å². The Bertz CT molecular complexity index is 218. The molecule has 4 nitrogen and oxygen atoms in total. The summed E-state index contributed by atoms with van der Waals surface area (Å²) in [6.45, 7) is 1.63. The number of carbonyl (C=O) groups is 2. The molecule has 0 saturated heterocycles. The van der Waals surface area contributed by atoms with E-state index < -0.39 is 5.97 Å². The molecule has 0 fully saturated rings. The molecule has 0 aromatic heterocycles. The van der Waals surface area contributed by atoms with Crippen molar-refractivity contribution < 1.29 is 14.7 Å². The summed E-state index contributed by atoms with van der Waals surface area (Å²) in [7, 11) is 3.34. The Morgan fingerprint density at radius 3 is 2.17 bits per heavy atom. The van der Waals surface area contributed by atoms with E-state index in [1.165, 1.54) is 11.1 Å². The van der Waals surface area contributed by atoms with Crippen LogP contribution in [-0.2, 0) is 9.59 Å². The molecule has 0 atom stereocenters. The Morgan fingerprint density at radius 2 is 1.92 bits per heavy atom. The van der Waals surface area contributed by atoms with Gasteiger partial charge in [-0.2, -0.15) is 0 Å².